The summed E-state index contributed by atoms with van der Waals surface area (Å²) in [4.78, 5) is 2.71. The third-order valence-electron chi connectivity index (χ3n) is 4.02. The molecule has 2 nitrogen and oxygen atoms in total. The lowest BCUT2D eigenvalue weighted by molar-refractivity contribution is 0.0125. The van der Waals surface area contributed by atoms with Gasteiger partial charge in [0.15, 0.2) is 0 Å². The largest absolute Gasteiger partial charge is 0.311 e. The fourth-order valence-corrected chi connectivity index (χ4v) is 2.94. The smallest absolute Gasteiger partial charge is 0.0337 e. The minimum atomic E-state index is 0.431. The highest BCUT2D eigenvalue weighted by Crippen LogP contribution is 2.44. The molecule has 0 bridgehead atoms. The predicted octanol–water partition coefficient (Wildman–Crippen LogP) is 1.86. The average molecular weight is 196 g/mol. The SMILES string of the molecule is CC1CN(C(C)C)C(C)(C2CC2)CN1. The van der Waals surface area contributed by atoms with Crippen LogP contribution in [0.3, 0.4) is 0 Å². The minimum absolute atomic E-state index is 0.431. The van der Waals surface area contributed by atoms with Crippen molar-refractivity contribution < 1.29 is 0 Å². The zero-order chi connectivity index (χ0) is 10.3. The fraction of sp³-hybridized carbons (Fsp3) is 1.00. The van der Waals surface area contributed by atoms with E-state index >= 15 is 0 Å². The van der Waals surface area contributed by atoms with Crippen molar-refractivity contribution in [3.8, 4) is 0 Å². The first kappa shape index (κ1) is 10.4. The van der Waals surface area contributed by atoms with E-state index in [1.54, 1.807) is 0 Å². The van der Waals surface area contributed by atoms with Crippen molar-refractivity contribution in [2.75, 3.05) is 13.1 Å². The van der Waals surface area contributed by atoms with Gasteiger partial charge in [-0.15, -0.1) is 0 Å². The van der Waals surface area contributed by atoms with Crippen LogP contribution in [-0.4, -0.2) is 35.6 Å². The monoisotopic (exact) mass is 196 g/mol. The molecule has 0 spiro atoms. The van der Waals surface area contributed by atoms with Gasteiger partial charge >= 0.3 is 0 Å². The molecule has 0 amide bonds. The molecule has 2 rings (SSSR count). The Bertz CT molecular complexity index is 210. The van der Waals surface area contributed by atoms with Crippen LogP contribution in [-0.2, 0) is 0 Å². The lowest BCUT2D eigenvalue weighted by Gasteiger charge is -2.50. The van der Waals surface area contributed by atoms with Gasteiger partial charge in [0.25, 0.3) is 0 Å². The first-order chi connectivity index (χ1) is 6.54. The maximum absolute atomic E-state index is 3.64. The van der Waals surface area contributed by atoms with Crippen LogP contribution in [0.2, 0.25) is 0 Å². The summed E-state index contributed by atoms with van der Waals surface area (Å²) in [5.74, 6) is 0.949. The van der Waals surface area contributed by atoms with Gasteiger partial charge in [0.2, 0.25) is 0 Å². The molecule has 2 atom stereocenters. The zero-order valence-corrected chi connectivity index (χ0v) is 10.0. The molecule has 0 aromatic rings. The van der Waals surface area contributed by atoms with Crippen molar-refractivity contribution in [3.05, 3.63) is 0 Å². The zero-order valence-electron chi connectivity index (χ0n) is 10.0. The molecule has 1 aliphatic heterocycles. The molecular formula is C12H24N2. The maximum Gasteiger partial charge on any atom is 0.0337 e. The molecule has 1 aliphatic carbocycles. The number of rotatable bonds is 2. The van der Waals surface area contributed by atoms with E-state index in [1.165, 1.54) is 25.9 Å². The molecule has 1 saturated heterocycles. The van der Waals surface area contributed by atoms with Gasteiger partial charge in [0.05, 0.1) is 0 Å². The Morgan fingerprint density at radius 3 is 2.50 bits per heavy atom. The van der Waals surface area contributed by atoms with Crippen molar-refractivity contribution in [2.45, 2.75) is 58.2 Å². The number of nitrogens with one attached hydrogen (secondary N) is 1. The molecule has 0 aromatic heterocycles. The molecule has 1 N–H and O–H groups in total. The van der Waals surface area contributed by atoms with Gasteiger partial charge in [-0.2, -0.15) is 0 Å². The summed E-state index contributed by atoms with van der Waals surface area (Å²) in [6, 6.07) is 1.34. The van der Waals surface area contributed by atoms with E-state index in [1.807, 2.05) is 0 Å². The quantitative estimate of drug-likeness (QED) is 0.725. The van der Waals surface area contributed by atoms with Crippen LogP contribution in [0.1, 0.15) is 40.5 Å². The second kappa shape index (κ2) is 3.49. The fourth-order valence-electron chi connectivity index (χ4n) is 2.94. The Labute approximate surface area is 88.1 Å². The van der Waals surface area contributed by atoms with E-state index in [9.17, 15) is 0 Å². The van der Waals surface area contributed by atoms with Gasteiger partial charge in [-0.1, -0.05) is 0 Å². The number of nitrogens with zero attached hydrogens (tertiary/aromatic N) is 1. The molecule has 2 heteroatoms. The molecular weight excluding hydrogens is 172 g/mol. The van der Waals surface area contributed by atoms with E-state index in [0.717, 1.165) is 5.92 Å². The second-order valence-electron chi connectivity index (χ2n) is 5.66. The van der Waals surface area contributed by atoms with Crippen LogP contribution in [0.15, 0.2) is 0 Å². The summed E-state index contributed by atoms with van der Waals surface area (Å²) in [6.07, 6.45) is 2.88. The molecule has 0 aromatic carbocycles. The first-order valence-corrected chi connectivity index (χ1v) is 6.04. The maximum atomic E-state index is 3.64. The molecule has 14 heavy (non-hydrogen) atoms. The average Bonchev–Trinajstić information content (AvgIpc) is 2.92. The number of piperazine rings is 1. The van der Waals surface area contributed by atoms with E-state index in [4.69, 9.17) is 0 Å². The van der Waals surface area contributed by atoms with Gasteiger partial charge in [0.1, 0.15) is 0 Å². The van der Waals surface area contributed by atoms with E-state index in [-0.39, 0.29) is 0 Å². The van der Waals surface area contributed by atoms with Crippen LogP contribution in [0.25, 0.3) is 0 Å². The highest BCUT2D eigenvalue weighted by atomic mass is 15.3. The topological polar surface area (TPSA) is 15.3 Å². The van der Waals surface area contributed by atoms with Crippen LogP contribution in [0.4, 0.5) is 0 Å². The number of hydrogen-bond acceptors (Lipinski definition) is 2. The van der Waals surface area contributed by atoms with Crippen molar-refractivity contribution in [1.29, 1.82) is 0 Å². The van der Waals surface area contributed by atoms with Crippen molar-refractivity contribution >= 4 is 0 Å². The molecule has 2 unspecified atom stereocenters. The summed E-state index contributed by atoms with van der Waals surface area (Å²) in [6.45, 7) is 11.8. The van der Waals surface area contributed by atoms with Crippen LogP contribution >= 0.6 is 0 Å². The second-order valence-corrected chi connectivity index (χ2v) is 5.66. The summed E-state index contributed by atoms with van der Waals surface area (Å²) >= 11 is 0. The highest BCUT2D eigenvalue weighted by molar-refractivity contribution is 5.05. The number of hydrogen-bond donors (Lipinski definition) is 1. The summed E-state index contributed by atoms with van der Waals surface area (Å²) in [5.41, 5.74) is 0.431. The van der Waals surface area contributed by atoms with Crippen molar-refractivity contribution in [2.24, 2.45) is 5.92 Å². The van der Waals surface area contributed by atoms with Gasteiger partial charge in [-0.25, -0.2) is 0 Å². The highest BCUT2D eigenvalue weighted by Gasteiger charge is 2.48. The lowest BCUT2D eigenvalue weighted by atomic mass is 9.88. The standard InChI is InChI=1S/C12H24N2/c1-9(2)14-7-10(3)13-8-12(14,4)11-5-6-11/h9-11,13H,5-8H2,1-4H3. The lowest BCUT2D eigenvalue weighted by Crippen LogP contribution is -2.65. The Hall–Kier alpha value is -0.0800. The van der Waals surface area contributed by atoms with Gasteiger partial charge in [0, 0.05) is 30.7 Å². The molecule has 82 valence electrons. The third kappa shape index (κ3) is 1.70. The summed E-state index contributed by atoms with van der Waals surface area (Å²) in [7, 11) is 0. The Kier molecular flexibility index (Phi) is 2.61. The minimum Gasteiger partial charge on any atom is -0.311 e. The van der Waals surface area contributed by atoms with Crippen molar-refractivity contribution in [1.82, 2.24) is 10.2 Å². The summed E-state index contributed by atoms with van der Waals surface area (Å²) < 4.78 is 0. The van der Waals surface area contributed by atoms with E-state index in [0.29, 0.717) is 17.6 Å². The van der Waals surface area contributed by atoms with Gasteiger partial charge < -0.3 is 5.32 Å². The van der Waals surface area contributed by atoms with Crippen LogP contribution in [0.5, 0.6) is 0 Å². The third-order valence-corrected chi connectivity index (χ3v) is 4.02. The summed E-state index contributed by atoms with van der Waals surface area (Å²) in [5, 5.41) is 3.64. The molecule has 1 heterocycles. The van der Waals surface area contributed by atoms with Crippen LogP contribution in [0, 0.1) is 5.92 Å². The van der Waals surface area contributed by atoms with Gasteiger partial charge in [-0.3, -0.25) is 4.90 Å². The van der Waals surface area contributed by atoms with Crippen molar-refractivity contribution in [3.63, 3.8) is 0 Å². The Balaban J connectivity index is 2.12. The molecule has 0 radical (unpaired) electrons. The predicted molar refractivity (Wildman–Crippen MR) is 60.4 cm³/mol. The normalized spacial score (nSPS) is 40.5. The van der Waals surface area contributed by atoms with Gasteiger partial charge in [-0.05, 0) is 46.5 Å². The molecule has 2 aliphatic rings. The Morgan fingerprint density at radius 2 is 2.00 bits per heavy atom. The Morgan fingerprint density at radius 1 is 1.36 bits per heavy atom. The molecule has 1 saturated carbocycles. The van der Waals surface area contributed by atoms with E-state index in [2.05, 4.69) is 37.9 Å². The first-order valence-electron chi connectivity index (χ1n) is 6.04. The molecule has 2 fully saturated rings. The van der Waals surface area contributed by atoms with E-state index < -0.39 is 0 Å². The van der Waals surface area contributed by atoms with Crippen LogP contribution < -0.4 is 5.32 Å².